The summed E-state index contributed by atoms with van der Waals surface area (Å²) in [5, 5.41) is 8.51. The van der Waals surface area contributed by atoms with Crippen LogP contribution >= 0.6 is 0 Å². The highest BCUT2D eigenvalue weighted by atomic mass is 16.5. The lowest BCUT2D eigenvalue weighted by Gasteiger charge is -2.25. The van der Waals surface area contributed by atoms with Crippen LogP contribution in [0.2, 0.25) is 0 Å². The van der Waals surface area contributed by atoms with Crippen LogP contribution in [0, 0.1) is 0 Å². The molecule has 2 heterocycles. The molecule has 1 unspecified atom stereocenters. The minimum absolute atomic E-state index is 0.110. The minimum Gasteiger partial charge on any atom is -0.496 e. The number of ether oxygens (including phenoxy) is 1. The number of carbonyl (C=O) groups is 1. The van der Waals surface area contributed by atoms with Crippen molar-refractivity contribution in [2.45, 2.75) is 51.6 Å². The van der Waals surface area contributed by atoms with Gasteiger partial charge in [0.05, 0.1) is 7.11 Å². The third-order valence-corrected chi connectivity index (χ3v) is 6.88. The number of benzene rings is 1. The van der Waals surface area contributed by atoms with E-state index in [1.165, 1.54) is 11.3 Å². The number of carbonyl (C=O) groups excluding carboxylic acids is 1. The first kappa shape index (κ1) is 22.8. The van der Waals surface area contributed by atoms with Crippen molar-refractivity contribution in [1.29, 1.82) is 0 Å². The quantitative estimate of drug-likeness (QED) is 0.718. The normalized spacial score (nSPS) is 19.5. The van der Waals surface area contributed by atoms with E-state index in [0.717, 1.165) is 82.7 Å². The Kier molecular flexibility index (Phi) is 7.48. The van der Waals surface area contributed by atoms with Gasteiger partial charge in [0.1, 0.15) is 5.75 Å². The van der Waals surface area contributed by atoms with Crippen LogP contribution in [-0.2, 0) is 25.8 Å². The molecule has 1 aliphatic heterocycles. The van der Waals surface area contributed by atoms with E-state index >= 15 is 0 Å². The molecular formula is C25H37N5O2. The molecule has 1 fully saturated rings. The smallest absolute Gasteiger partial charge is 0.274 e. The molecule has 2 aliphatic rings. The predicted molar refractivity (Wildman–Crippen MR) is 126 cm³/mol. The molecule has 4 rings (SSSR count). The molecule has 2 aromatic rings. The number of para-hydroxylation sites is 1. The van der Waals surface area contributed by atoms with Gasteiger partial charge in [0.2, 0.25) is 0 Å². The standard InChI is InChI=1S/C25H37N5O2/c1-4-30-22-11-10-20(26-13-12-19-8-5-6-9-23(19)32-3)18-21(22)24(27-30)25(31)29-15-7-14-28(2)16-17-29/h5-6,8-9,20,26H,4,7,10-18H2,1-3H3. The number of likely N-dealkylation sites (N-methyl/N-ethyl adjacent to an activating group) is 1. The largest absolute Gasteiger partial charge is 0.496 e. The van der Waals surface area contributed by atoms with Gasteiger partial charge in [-0.25, -0.2) is 0 Å². The Morgan fingerprint density at radius 1 is 1.22 bits per heavy atom. The van der Waals surface area contributed by atoms with Crippen molar-refractivity contribution in [3.8, 4) is 5.75 Å². The van der Waals surface area contributed by atoms with Crippen LogP contribution < -0.4 is 10.1 Å². The number of methoxy groups -OCH3 is 1. The van der Waals surface area contributed by atoms with Gasteiger partial charge in [-0.2, -0.15) is 5.10 Å². The molecule has 1 aromatic heterocycles. The number of hydrogen-bond donors (Lipinski definition) is 1. The summed E-state index contributed by atoms with van der Waals surface area (Å²) < 4.78 is 7.53. The molecule has 1 aliphatic carbocycles. The molecule has 0 radical (unpaired) electrons. The first-order chi connectivity index (χ1) is 15.6. The number of fused-ring (bicyclic) bond motifs is 1. The SMILES string of the molecule is CCn1nc(C(=O)N2CCCN(C)CC2)c2c1CCC(NCCc1ccccc1OC)C2. The average Bonchev–Trinajstić information content (AvgIpc) is 3.04. The highest BCUT2D eigenvalue weighted by molar-refractivity contribution is 5.94. The second-order valence-corrected chi connectivity index (χ2v) is 8.99. The summed E-state index contributed by atoms with van der Waals surface area (Å²) >= 11 is 0. The Morgan fingerprint density at radius 2 is 2.06 bits per heavy atom. The molecule has 1 N–H and O–H groups in total. The van der Waals surface area contributed by atoms with E-state index in [1.807, 2.05) is 17.0 Å². The van der Waals surface area contributed by atoms with Crippen LogP contribution in [-0.4, -0.2) is 78.4 Å². The van der Waals surface area contributed by atoms with Gasteiger partial charge in [0, 0.05) is 43.5 Å². The van der Waals surface area contributed by atoms with Gasteiger partial charge in [-0.1, -0.05) is 18.2 Å². The summed E-state index contributed by atoms with van der Waals surface area (Å²) in [6.45, 7) is 7.38. The summed E-state index contributed by atoms with van der Waals surface area (Å²) in [6, 6.07) is 8.57. The number of hydrogen-bond acceptors (Lipinski definition) is 5. The molecule has 174 valence electrons. The molecule has 32 heavy (non-hydrogen) atoms. The fourth-order valence-electron chi connectivity index (χ4n) is 5.02. The average molecular weight is 440 g/mol. The van der Waals surface area contributed by atoms with E-state index in [-0.39, 0.29) is 5.91 Å². The van der Waals surface area contributed by atoms with E-state index in [0.29, 0.717) is 11.7 Å². The Bertz CT molecular complexity index is 925. The molecule has 0 spiro atoms. The zero-order chi connectivity index (χ0) is 22.5. The van der Waals surface area contributed by atoms with E-state index in [9.17, 15) is 4.79 Å². The van der Waals surface area contributed by atoms with E-state index in [4.69, 9.17) is 9.84 Å². The van der Waals surface area contributed by atoms with Crippen LogP contribution in [0.25, 0.3) is 0 Å². The number of aryl methyl sites for hydroxylation is 1. The number of nitrogens with zero attached hydrogens (tertiary/aromatic N) is 4. The van der Waals surface area contributed by atoms with Gasteiger partial charge < -0.3 is 19.9 Å². The molecule has 0 bridgehead atoms. The lowest BCUT2D eigenvalue weighted by Crippen LogP contribution is -2.38. The van der Waals surface area contributed by atoms with Gasteiger partial charge in [-0.15, -0.1) is 0 Å². The van der Waals surface area contributed by atoms with Crippen molar-refractivity contribution in [2.24, 2.45) is 0 Å². The minimum atomic E-state index is 0.110. The maximum Gasteiger partial charge on any atom is 0.274 e. The van der Waals surface area contributed by atoms with Crippen molar-refractivity contribution in [2.75, 3.05) is 46.9 Å². The van der Waals surface area contributed by atoms with Crippen LogP contribution in [0.15, 0.2) is 24.3 Å². The number of rotatable bonds is 7. The van der Waals surface area contributed by atoms with Crippen LogP contribution in [0.3, 0.4) is 0 Å². The monoisotopic (exact) mass is 439 g/mol. The van der Waals surface area contributed by atoms with E-state index < -0.39 is 0 Å². The molecule has 7 nitrogen and oxygen atoms in total. The van der Waals surface area contributed by atoms with Crippen molar-refractivity contribution in [3.05, 3.63) is 46.8 Å². The fourth-order valence-corrected chi connectivity index (χ4v) is 5.02. The van der Waals surface area contributed by atoms with Crippen molar-refractivity contribution in [3.63, 3.8) is 0 Å². The first-order valence-electron chi connectivity index (χ1n) is 12.0. The van der Waals surface area contributed by atoms with Crippen molar-refractivity contribution < 1.29 is 9.53 Å². The summed E-state index contributed by atoms with van der Waals surface area (Å²) in [4.78, 5) is 17.7. The van der Waals surface area contributed by atoms with E-state index in [2.05, 4.69) is 41.0 Å². The number of amides is 1. The molecule has 0 saturated carbocycles. The molecular weight excluding hydrogens is 402 g/mol. The Labute approximate surface area is 191 Å². The third kappa shape index (κ3) is 4.99. The van der Waals surface area contributed by atoms with Crippen molar-refractivity contribution >= 4 is 5.91 Å². The van der Waals surface area contributed by atoms with Gasteiger partial charge in [-0.05, 0) is 70.8 Å². The zero-order valence-electron chi connectivity index (χ0n) is 19.8. The first-order valence-corrected chi connectivity index (χ1v) is 12.0. The van der Waals surface area contributed by atoms with Gasteiger partial charge in [0.15, 0.2) is 5.69 Å². The number of nitrogens with one attached hydrogen (secondary N) is 1. The van der Waals surface area contributed by atoms with E-state index in [1.54, 1.807) is 7.11 Å². The van der Waals surface area contributed by atoms with Gasteiger partial charge in [-0.3, -0.25) is 9.48 Å². The molecule has 1 atom stereocenters. The van der Waals surface area contributed by atoms with Crippen molar-refractivity contribution in [1.82, 2.24) is 24.9 Å². The second kappa shape index (κ2) is 10.5. The number of aromatic nitrogens is 2. The van der Waals surface area contributed by atoms with Crippen LogP contribution in [0.4, 0.5) is 0 Å². The summed E-state index contributed by atoms with van der Waals surface area (Å²) in [7, 11) is 3.85. The topological polar surface area (TPSA) is 62.6 Å². The van der Waals surface area contributed by atoms with Crippen LogP contribution in [0.5, 0.6) is 5.75 Å². The summed E-state index contributed by atoms with van der Waals surface area (Å²) in [5.74, 6) is 1.05. The fraction of sp³-hybridized carbons (Fsp3) is 0.600. The summed E-state index contributed by atoms with van der Waals surface area (Å²) in [6.07, 6.45) is 4.86. The molecule has 1 aromatic carbocycles. The lowest BCUT2D eigenvalue weighted by atomic mass is 9.91. The lowest BCUT2D eigenvalue weighted by molar-refractivity contribution is 0.0754. The molecule has 1 amide bonds. The Balaban J connectivity index is 1.43. The van der Waals surface area contributed by atoms with Crippen LogP contribution in [0.1, 0.15) is 47.1 Å². The highest BCUT2D eigenvalue weighted by Crippen LogP contribution is 2.26. The van der Waals surface area contributed by atoms with Gasteiger partial charge in [0.25, 0.3) is 5.91 Å². The summed E-state index contributed by atoms with van der Waals surface area (Å²) in [5.41, 5.74) is 4.32. The highest BCUT2D eigenvalue weighted by Gasteiger charge is 2.31. The predicted octanol–water partition coefficient (Wildman–Crippen LogP) is 2.38. The third-order valence-electron chi connectivity index (χ3n) is 6.88. The second-order valence-electron chi connectivity index (χ2n) is 8.99. The Hall–Kier alpha value is -2.38. The Morgan fingerprint density at radius 3 is 2.88 bits per heavy atom. The maximum absolute atomic E-state index is 13.4. The molecule has 1 saturated heterocycles. The zero-order valence-corrected chi connectivity index (χ0v) is 19.8. The molecule has 7 heteroatoms. The maximum atomic E-state index is 13.4. The van der Waals surface area contributed by atoms with Gasteiger partial charge >= 0.3 is 0 Å².